The van der Waals surface area contributed by atoms with E-state index in [1.165, 1.54) is 27.0 Å². The number of hydrogen-bond acceptors (Lipinski definition) is 13. The van der Waals surface area contributed by atoms with Crippen molar-refractivity contribution in [3.63, 3.8) is 0 Å². The van der Waals surface area contributed by atoms with Crippen molar-refractivity contribution >= 4 is 35.6 Å². The molecule has 0 aromatic carbocycles. The molecule has 282 valence electrons. The van der Waals surface area contributed by atoms with Crippen LogP contribution in [0.1, 0.15) is 66.2 Å². The first-order chi connectivity index (χ1) is 25.1. The fraction of sp³-hybridized carbons (Fsp3) is 0.650. The minimum Gasteiger partial charge on any atom is -0.466 e. The van der Waals surface area contributed by atoms with Crippen LogP contribution in [-0.4, -0.2) is 90.1 Å². The summed E-state index contributed by atoms with van der Waals surface area (Å²) >= 11 is 0. The molecule has 2 aliphatic heterocycles. The van der Waals surface area contributed by atoms with Gasteiger partial charge in [0.15, 0.2) is 5.78 Å². The standard InChI is InChI=1S/C40H44O13/c1-16-8-9-50-27(41)6-7-28(42)51-14-20-22-13-25-37(3,23-12-24(23)39(25,48)15-52-34(16)45)26-11-19-18-10-21(18)38(4)30(19)31(40(22,26)53-36(20)47)29(32(43)33(38)44)17(2)35(46)49-5/h8,18,21,23-26,31,33,44,48H,6-7,9-15H2,1-5H3/b16-8+,29-17+/t18-,21-,23-,24+,25-,26+,31?,33+,37+,38+,39+,40+/m1/s1. The molecule has 1 spiro atoms. The van der Waals surface area contributed by atoms with Crippen molar-refractivity contribution < 1.29 is 62.7 Å². The average molecular weight is 733 g/mol. The van der Waals surface area contributed by atoms with Gasteiger partial charge in [0.2, 0.25) is 0 Å². The Hall–Kier alpha value is -4.10. The number of cyclic esters (lactones) is 3. The predicted octanol–water partition coefficient (Wildman–Crippen LogP) is 2.38. The maximum absolute atomic E-state index is 14.6. The highest BCUT2D eigenvalue weighted by molar-refractivity contribution is 6.09. The van der Waals surface area contributed by atoms with Gasteiger partial charge in [-0.2, -0.15) is 0 Å². The second kappa shape index (κ2) is 11.0. The maximum Gasteiger partial charge on any atom is 0.338 e. The van der Waals surface area contributed by atoms with Crippen LogP contribution in [0.2, 0.25) is 0 Å². The molecule has 13 nitrogen and oxygen atoms in total. The van der Waals surface area contributed by atoms with Crippen molar-refractivity contribution in [3.05, 3.63) is 45.1 Å². The van der Waals surface area contributed by atoms with E-state index in [1.807, 2.05) is 6.92 Å². The lowest BCUT2D eigenvalue weighted by Crippen LogP contribution is -2.67. The molecule has 9 aliphatic rings. The zero-order chi connectivity index (χ0) is 37.7. The summed E-state index contributed by atoms with van der Waals surface area (Å²) in [7, 11) is 1.22. The second-order valence-electron chi connectivity index (χ2n) is 17.2. The highest BCUT2D eigenvalue weighted by Crippen LogP contribution is 2.83. The molecule has 0 radical (unpaired) electrons. The SMILES string of the molecule is COC(=O)/C(C)=C1/C(=O)[C@H](O)[C@]2(C)C3=C(C[C@H]4[C@@]5(C)[C@@H]6C[C@@H]6[C@@]6(O)COC(=O)/C(C)=C/COC(=O)CCC(=O)OCC7=C(C[C@@H]65)[C@@]4(OC7=O)C31)[C@H]1C[C@H]12. The molecule has 9 rings (SSSR count). The molecule has 2 heterocycles. The number of fused-ring (bicyclic) bond motifs is 7. The Kier molecular flexibility index (Phi) is 7.19. The predicted molar refractivity (Wildman–Crippen MR) is 179 cm³/mol. The van der Waals surface area contributed by atoms with Crippen molar-refractivity contribution in [3.8, 4) is 0 Å². The van der Waals surface area contributed by atoms with Gasteiger partial charge in [0.1, 0.15) is 37.1 Å². The number of ether oxygens (including phenoxy) is 5. The zero-order valence-electron chi connectivity index (χ0n) is 30.4. The summed E-state index contributed by atoms with van der Waals surface area (Å²) in [4.78, 5) is 80.8. The summed E-state index contributed by atoms with van der Waals surface area (Å²) in [6, 6.07) is 0. The molecule has 53 heavy (non-hydrogen) atoms. The summed E-state index contributed by atoms with van der Waals surface area (Å²) in [6.07, 6.45) is 1.42. The topological polar surface area (TPSA) is 189 Å². The minimum atomic E-state index is -1.51. The quantitative estimate of drug-likeness (QED) is 0.173. The van der Waals surface area contributed by atoms with E-state index < -0.39 is 88.1 Å². The van der Waals surface area contributed by atoms with E-state index >= 15 is 0 Å². The van der Waals surface area contributed by atoms with Crippen molar-refractivity contribution in [1.29, 1.82) is 0 Å². The molecule has 7 aliphatic carbocycles. The van der Waals surface area contributed by atoms with E-state index in [2.05, 4.69) is 6.92 Å². The van der Waals surface area contributed by atoms with E-state index in [1.54, 1.807) is 0 Å². The number of carbonyl (C=O) groups is 6. The number of carbonyl (C=O) groups excluding carboxylic acids is 6. The number of aliphatic hydroxyl groups excluding tert-OH is 1. The van der Waals surface area contributed by atoms with Crippen LogP contribution in [0, 0.1) is 52.3 Å². The van der Waals surface area contributed by atoms with Gasteiger partial charge in [0.25, 0.3) is 0 Å². The smallest absolute Gasteiger partial charge is 0.338 e. The second-order valence-corrected chi connectivity index (χ2v) is 17.2. The van der Waals surface area contributed by atoms with E-state index in [4.69, 9.17) is 23.7 Å². The molecular weight excluding hydrogens is 688 g/mol. The Bertz CT molecular complexity index is 1970. The van der Waals surface area contributed by atoms with Crippen LogP contribution in [0.25, 0.3) is 0 Å². The normalized spacial score (nSPS) is 47.3. The molecule has 5 fully saturated rings. The Morgan fingerprint density at radius 3 is 2.36 bits per heavy atom. The first-order valence-electron chi connectivity index (χ1n) is 18.6. The summed E-state index contributed by atoms with van der Waals surface area (Å²) in [5, 5.41) is 24.6. The molecule has 1 unspecified atom stereocenters. The summed E-state index contributed by atoms with van der Waals surface area (Å²) in [5.41, 5.74) is -1.89. The molecule has 13 heteroatoms. The van der Waals surface area contributed by atoms with Crippen molar-refractivity contribution in [2.45, 2.75) is 83.5 Å². The average Bonchev–Trinajstić information content (AvgIpc) is 4.05. The van der Waals surface area contributed by atoms with Crippen LogP contribution < -0.4 is 0 Å². The number of Topliss-reactive ketones (excluding diaryl/α,β-unsaturated/α-hetero) is 1. The van der Waals surface area contributed by atoms with Gasteiger partial charge in [0.05, 0.1) is 31.4 Å². The van der Waals surface area contributed by atoms with Crippen molar-refractivity contribution in [2.24, 2.45) is 52.3 Å². The number of allylic oxidation sites excluding steroid dienone is 1. The van der Waals surface area contributed by atoms with Crippen LogP contribution in [0.15, 0.2) is 45.1 Å². The maximum atomic E-state index is 14.6. The van der Waals surface area contributed by atoms with Gasteiger partial charge in [-0.25, -0.2) is 14.4 Å². The van der Waals surface area contributed by atoms with Crippen LogP contribution >= 0.6 is 0 Å². The van der Waals surface area contributed by atoms with Gasteiger partial charge in [0, 0.05) is 34.0 Å². The number of ketones is 1. The third kappa shape index (κ3) is 4.21. The van der Waals surface area contributed by atoms with Gasteiger partial charge >= 0.3 is 29.8 Å². The van der Waals surface area contributed by atoms with Crippen LogP contribution in [-0.2, 0) is 52.5 Å². The molecule has 12 atom stereocenters. The third-order valence-corrected chi connectivity index (χ3v) is 15.2. The van der Waals surface area contributed by atoms with Gasteiger partial charge in [-0.05, 0) is 85.8 Å². The number of hydrogen-bond donors (Lipinski definition) is 2. The Morgan fingerprint density at radius 2 is 1.64 bits per heavy atom. The van der Waals surface area contributed by atoms with E-state index in [-0.39, 0.29) is 78.4 Å². The fourth-order valence-corrected chi connectivity index (χ4v) is 12.7. The van der Waals surface area contributed by atoms with Gasteiger partial charge in [-0.15, -0.1) is 0 Å². The summed E-state index contributed by atoms with van der Waals surface area (Å²) in [5.74, 6) is -6.28. The third-order valence-electron chi connectivity index (χ3n) is 15.2. The van der Waals surface area contributed by atoms with E-state index in [0.717, 1.165) is 17.6 Å². The molecule has 0 saturated heterocycles. The number of aliphatic hydroxyl groups is 2. The van der Waals surface area contributed by atoms with Crippen molar-refractivity contribution in [1.82, 2.24) is 0 Å². The first-order valence-corrected chi connectivity index (χ1v) is 18.6. The monoisotopic (exact) mass is 732 g/mol. The Morgan fingerprint density at radius 1 is 0.925 bits per heavy atom. The minimum absolute atomic E-state index is 0.00160. The fourth-order valence-electron chi connectivity index (χ4n) is 12.7. The van der Waals surface area contributed by atoms with Gasteiger partial charge in [-0.1, -0.05) is 19.4 Å². The van der Waals surface area contributed by atoms with E-state index in [0.29, 0.717) is 18.4 Å². The number of esters is 5. The van der Waals surface area contributed by atoms with E-state index in [9.17, 15) is 39.0 Å². The van der Waals surface area contributed by atoms with Gasteiger partial charge < -0.3 is 33.9 Å². The summed E-state index contributed by atoms with van der Waals surface area (Å²) in [6.45, 7) is 6.06. The number of rotatable bonds is 1. The highest BCUT2D eigenvalue weighted by atomic mass is 16.6. The molecule has 5 saturated carbocycles. The van der Waals surface area contributed by atoms with Crippen LogP contribution in [0.3, 0.4) is 0 Å². The lowest BCUT2D eigenvalue weighted by molar-refractivity contribution is -0.191. The first kappa shape index (κ1) is 34.7. The zero-order valence-corrected chi connectivity index (χ0v) is 30.4. The Labute approximate surface area is 305 Å². The highest BCUT2D eigenvalue weighted by Gasteiger charge is 2.84. The molecular formula is C40H44O13. The Balaban J connectivity index is 1.27. The van der Waals surface area contributed by atoms with Crippen molar-refractivity contribution in [2.75, 3.05) is 26.9 Å². The lowest BCUT2D eigenvalue weighted by Gasteiger charge is -2.63. The van der Waals surface area contributed by atoms with Crippen LogP contribution in [0.4, 0.5) is 0 Å². The molecule has 0 aromatic rings. The molecule has 2 bridgehead atoms. The summed E-state index contributed by atoms with van der Waals surface area (Å²) < 4.78 is 28.4. The molecule has 0 aromatic heterocycles. The van der Waals surface area contributed by atoms with Crippen LogP contribution in [0.5, 0.6) is 0 Å². The largest absolute Gasteiger partial charge is 0.466 e. The number of methoxy groups -OCH3 is 1. The lowest BCUT2D eigenvalue weighted by atomic mass is 9.42. The van der Waals surface area contributed by atoms with Gasteiger partial charge in [-0.3, -0.25) is 14.4 Å². The molecule has 2 N–H and O–H groups in total. The molecule has 0 amide bonds.